The van der Waals surface area contributed by atoms with Crippen LogP contribution in [0.4, 0.5) is 10.5 Å². The zero-order valence-electron chi connectivity index (χ0n) is 12.2. The first-order valence-electron chi connectivity index (χ1n) is 6.80. The molecule has 1 rings (SSSR count). The number of unbranched alkanes of at least 4 members (excludes halogenated alkanes) is 1. The van der Waals surface area contributed by atoms with Gasteiger partial charge in [-0.3, -0.25) is 4.90 Å². The van der Waals surface area contributed by atoms with Gasteiger partial charge in [0.1, 0.15) is 6.04 Å². The van der Waals surface area contributed by atoms with Crippen molar-refractivity contribution >= 4 is 17.7 Å². The lowest BCUT2D eigenvalue weighted by Crippen LogP contribution is -2.47. The molecule has 0 aliphatic carbocycles. The molecule has 0 spiro atoms. The Bertz CT molecular complexity index is 474. The molecule has 0 bridgehead atoms. The Labute approximate surface area is 119 Å². The highest BCUT2D eigenvalue weighted by molar-refractivity contribution is 5.94. The van der Waals surface area contributed by atoms with E-state index in [1.165, 1.54) is 4.90 Å². The number of rotatable bonds is 6. The Kier molecular flexibility index (Phi) is 6.03. The Morgan fingerprint density at radius 1 is 1.35 bits per heavy atom. The van der Waals surface area contributed by atoms with Crippen molar-refractivity contribution < 1.29 is 14.7 Å². The summed E-state index contributed by atoms with van der Waals surface area (Å²) in [5.74, 6) is -0.995. The first-order chi connectivity index (χ1) is 9.47. The molecular formula is C15H22N2O3. The Morgan fingerprint density at radius 3 is 2.55 bits per heavy atom. The van der Waals surface area contributed by atoms with E-state index in [1.807, 2.05) is 38.1 Å². The summed E-state index contributed by atoms with van der Waals surface area (Å²) in [6.07, 6.45) is 2.11. The number of urea groups is 1. The average Bonchev–Trinajstić information content (AvgIpc) is 2.42. The molecule has 0 radical (unpaired) electrons. The third kappa shape index (κ3) is 4.26. The molecular weight excluding hydrogens is 256 g/mol. The summed E-state index contributed by atoms with van der Waals surface area (Å²) in [7, 11) is 1.64. The Hall–Kier alpha value is -2.04. The number of hydrogen-bond donors (Lipinski definition) is 2. The van der Waals surface area contributed by atoms with Gasteiger partial charge in [-0.2, -0.15) is 0 Å². The summed E-state index contributed by atoms with van der Waals surface area (Å²) in [6, 6.07) is 6.24. The van der Waals surface area contributed by atoms with E-state index in [2.05, 4.69) is 5.32 Å². The van der Waals surface area contributed by atoms with Gasteiger partial charge in [-0.1, -0.05) is 38.0 Å². The molecule has 5 heteroatoms. The van der Waals surface area contributed by atoms with Crippen molar-refractivity contribution in [2.45, 2.75) is 39.2 Å². The number of para-hydroxylation sites is 1. The second kappa shape index (κ2) is 7.53. The van der Waals surface area contributed by atoms with Gasteiger partial charge >= 0.3 is 12.0 Å². The van der Waals surface area contributed by atoms with Gasteiger partial charge in [0.15, 0.2) is 0 Å². The number of amides is 2. The monoisotopic (exact) mass is 278 g/mol. The van der Waals surface area contributed by atoms with Crippen LogP contribution in [0, 0.1) is 6.92 Å². The van der Waals surface area contributed by atoms with Crippen molar-refractivity contribution in [1.29, 1.82) is 0 Å². The summed E-state index contributed by atoms with van der Waals surface area (Å²) in [4.78, 5) is 24.7. The van der Waals surface area contributed by atoms with Gasteiger partial charge in [-0.25, -0.2) is 9.59 Å². The van der Waals surface area contributed by atoms with E-state index in [-0.39, 0.29) is 0 Å². The molecule has 0 aromatic heterocycles. The molecule has 1 aromatic carbocycles. The van der Waals surface area contributed by atoms with E-state index in [0.29, 0.717) is 6.42 Å². The van der Waals surface area contributed by atoms with Crippen molar-refractivity contribution in [1.82, 2.24) is 5.32 Å². The van der Waals surface area contributed by atoms with Crippen LogP contribution in [0.2, 0.25) is 0 Å². The second-order valence-corrected chi connectivity index (χ2v) is 4.83. The zero-order valence-corrected chi connectivity index (χ0v) is 12.2. The molecule has 1 unspecified atom stereocenters. The summed E-state index contributed by atoms with van der Waals surface area (Å²) >= 11 is 0. The molecule has 5 nitrogen and oxygen atoms in total. The number of nitrogens with one attached hydrogen (secondary N) is 1. The van der Waals surface area contributed by atoms with Gasteiger partial charge in [-0.15, -0.1) is 0 Å². The van der Waals surface area contributed by atoms with Crippen LogP contribution in [0.5, 0.6) is 0 Å². The van der Waals surface area contributed by atoms with Crippen molar-refractivity contribution in [3.63, 3.8) is 0 Å². The normalized spacial score (nSPS) is 11.8. The lowest BCUT2D eigenvalue weighted by atomic mass is 10.1. The smallest absolute Gasteiger partial charge is 0.326 e. The van der Waals surface area contributed by atoms with Crippen LogP contribution >= 0.6 is 0 Å². The minimum atomic E-state index is -0.995. The lowest BCUT2D eigenvalue weighted by molar-refractivity contribution is -0.139. The molecule has 1 atom stereocenters. The van der Waals surface area contributed by atoms with Gasteiger partial charge in [-0.05, 0) is 25.0 Å². The number of hydrogen-bond acceptors (Lipinski definition) is 2. The minimum absolute atomic E-state index is 0.400. The Balaban J connectivity index is 2.73. The molecule has 2 amide bonds. The Morgan fingerprint density at radius 2 is 2.00 bits per heavy atom. The van der Waals surface area contributed by atoms with Crippen molar-refractivity contribution in [3.05, 3.63) is 29.8 Å². The number of aliphatic carboxylic acids is 1. The number of carboxylic acid groups (broad SMARTS) is 1. The number of nitrogens with zero attached hydrogens (tertiary/aromatic N) is 1. The molecule has 0 aliphatic rings. The predicted molar refractivity (Wildman–Crippen MR) is 79.1 cm³/mol. The van der Waals surface area contributed by atoms with Crippen molar-refractivity contribution in [2.75, 3.05) is 11.9 Å². The van der Waals surface area contributed by atoms with E-state index in [4.69, 9.17) is 5.11 Å². The maximum absolute atomic E-state index is 12.1. The van der Waals surface area contributed by atoms with Crippen LogP contribution < -0.4 is 10.2 Å². The zero-order chi connectivity index (χ0) is 15.1. The highest BCUT2D eigenvalue weighted by Crippen LogP contribution is 2.18. The standard InChI is InChI=1S/C15H22N2O3/c1-4-5-9-12(14(18)19)16-15(20)17(3)13-10-7-6-8-11(13)2/h6-8,10,12H,4-5,9H2,1-3H3,(H,16,20)(H,18,19). The van der Waals surface area contributed by atoms with E-state index < -0.39 is 18.0 Å². The SMILES string of the molecule is CCCCC(NC(=O)N(C)c1ccccc1C)C(=O)O. The summed E-state index contributed by atoms with van der Waals surface area (Å²) in [5.41, 5.74) is 1.73. The van der Waals surface area contributed by atoms with Crippen LogP contribution in [0.25, 0.3) is 0 Å². The summed E-state index contributed by atoms with van der Waals surface area (Å²) in [5, 5.41) is 11.7. The minimum Gasteiger partial charge on any atom is -0.480 e. The molecule has 0 saturated carbocycles. The van der Waals surface area contributed by atoms with Crippen LogP contribution in [0.1, 0.15) is 31.7 Å². The molecule has 20 heavy (non-hydrogen) atoms. The maximum atomic E-state index is 12.1. The lowest BCUT2D eigenvalue weighted by Gasteiger charge is -2.22. The highest BCUT2D eigenvalue weighted by Gasteiger charge is 2.22. The first kappa shape index (κ1) is 16.0. The first-order valence-corrected chi connectivity index (χ1v) is 6.80. The van der Waals surface area contributed by atoms with Gasteiger partial charge in [0.25, 0.3) is 0 Å². The summed E-state index contributed by atoms with van der Waals surface area (Å²) in [6.45, 7) is 3.89. The number of anilines is 1. The molecule has 0 aliphatic heterocycles. The van der Waals surface area contributed by atoms with E-state index in [0.717, 1.165) is 24.1 Å². The molecule has 0 saturated heterocycles. The van der Waals surface area contributed by atoms with Crippen molar-refractivity contribution in [3.8, 4) is 0 Å². The number of carbonyl (C=O) groups is 2. The molecule has 0 fully saturated rings. The molecule has 2 N–H and O–H groups in total. The molecule has 1 aromatic rings. The van der Waals surface area contributed by atoms with Gasteiger partial charge in [0.05, 0.1) is 0 Å². The largest absolute Gasteiger partial charge is 0.480 e. The fourth-order valence-electron chi connectivity index (χ4n) is 1.96. The van der Waals surface area contributed by atoms with E-state index in [9.17, 15) is 9.59 Å². The average molecular weight is 278 g/mol. The summed E-state index contributed by atoms with van der Waals surface area (Å²) < 4.78 is 0. The quantitative estimate of drug-likeness (QED) is 0.840. The number of benzene rings is 1. The second-order valence-electron chi connectivity index (χ2n) is 4.83. The fourth-order valence-corrected chi connectivity index (χ4v) is 1.96. The highest BCUT2D eigenvalue weighted by atomic mass is 16.4. The number of carboxylic acids is 1. The van der Waals surface area contributed by atoms with Crippen molar-refractivity contribution in [2.24, 2.45) is 0 Å². The number of aryl methyl sites for hydroxylation is 1. The predicted octanol–water partition coefficient (Wildman–Crippen LogP) is 2.78. The third-order valence-corrected chi connectivity index (χ3v) is 3.22. The van der Waals surface area contributed by atoms with Crippen LogP contribution in [-0.4, -0.2) is 30.2 Å². The maximum Gasteiger partial charge on any atom is 0.326 e. The van der Waals surface area contributed by atoms with Crippen LogP contribution in [0.3, 0.4) is 0 Å². The van der Waals surface area contributed by atoms with Crippen LogP contribution in [-0.2, 0) is 4.79 Å². The molecule has 110 valence electrons. The van der Waals surface area contributed by atoms with E-state index >= 15 is 0 Å². The molecule has 0 heterocycles. The van der Waals surface area contributed by atoms with Gasteiger partial charge in [0, 0.05) is 12.7 Å². The third-order valence-electron chi connectivity index (χ3n) is 3.22. The fraction of sp³-hybridized carbons (Fsp3) is 0.467. The van der Waals surface area contributed by atoms with Crippen LogP contribution in [0.15, 0.2) is 24.3 Å². The number of carbonyl (C=O) groups excluding carboxylic acids is 1. The topological polar surface area (TPSA) is 69.6 Å². The van der Waals surface area contributed by atoms with Gasteiger partial charge < -0.3 is 10.4 Å². The van der Waals surface area contributed by atoms with E-state index in [1.54, 1.807) is 7.05 Å². The van der Waals surface area contributed by atoms with Gasteiger partial charge in [0.2, 0.25) is 0 Å².